The second-order valence-corrected chi connectivity index (χ2v) is 7.91. The second-order valence-electron chi connectivity index (χ2n) is 7.52. The average molecular weight is 458 g/mol. The van der Waals surface area contributed by atoms with Crippen molar-refractivity contribution in [2.45, 2.75) is 12.1 Å². The third-order valence-electron chi connectivity index (χ3n) is 5.51. The molecule has 0 bridgehead atoms. The summed E-state index contributed by atoms with van der Waals surface area (Å²) in [6.45, 7) is 0. The molecule has 9 heteroatoms. The van der Waals surface area contributed by atoms with Crippen LogP contribution >= 0.6 is 12.2 Å². The number of aromatic hydroxyl groups is 1. The minimum atomic E-state index is -0.435. The van der Waals surface area contributed by atoms with Crippen molar-refractivity contribution < 1.29 is 14.4 Å². The normalized spacial score (nSPS) is 17.7. The molecule has 1 aliphatic heterocycles. The molecule has 0 unspecified atom stereocenters. The Labute approximate surface area is 194 Å². The Balaban J connectivity index is 1.56. The third-order valence-corrected chi connectivity index (χ3v) is 5.82. The summed E-state index contributed by atoms with van der Waals surface area (Å²) in [6.07, 6.45) is 1.73. The van der Waals surface area contributed by atoms with Gasteiger partial charge in [0.25, 0.3) is 5.69 Å². The Bertz CT molecular complexity index is 1310. The van der Waals surface area contributed by atoms with Gasteiger partial charge in [0.05, 0.1) is 16.7 Å². The van der Waals surface area contributed by atoms with Gasteiger partial charge in [-0.25, -0.2) is 0 Å². The number of nitrogens with zero attached hydrogens (tertiary/aromatic N) is 3. The Morgan fingerprint density at radius 3 is 2.45 bits per heavy atom. The summed E-state index contributed by atoms with van der Waals surface area (Å²) in [7, 11) is 0. The second kappa shape index (κ2) is 8.36. The SMILES string of the molecule is O=[N+]([O-])c1ccc(-c2ccc([C@H]3[C@@H](c4ccccn4)NC(=S)N3c3ccc(O)cc3)o2)cc1. The summed E-state index contributed by atoms with van der Waals surface area (Å²) in [5, 5.41) is 24.5. The molecule has 0 spiro atoms. The number of thiocarbonyl (C=S) groups is 1. The Morgan fingerprint density at radius 2 is 1.79 bits per heavy atom. The quantitative estimate of drug-likeness (QED) is 0.241. The van der Waals surface area contributed by atoms with E-state index in [1.165, 1.54) is 12.1 Å². The fraction of sp³-hybridized carbons (Fsp3) is 0.0833. The van der Waals surface area contributed by atoms with Crippen LogP contribution in [0.4, 0.5) is 11.4 Å². The molecule has 33 heavy (non-hydrogen) atoms. The third kappa shape index (κ3) is 3.90. The zero-order valence-electron chi connectivity index (χ0n) is 17.2. The van der Waals surface area contributed by atoms with Crippen LogP contribution < -0.4 is 10.2 Å². The van der Waals surface area contributed by atoms with Gasteiger partial charge in [-0.15, -0.1) is 0 Å². The molecule has 2 N–H and O–H groups in total. The van der Waals surface area contributed by atoms with Crippen LogP contribution in [0.5, 0.6) is 5.75 Å². The standard InChI is InChI=1S/C24H18N4O4S/c29-18-10-8-16(9-11-18)27-23(22(26-24(27)33)19-3-1-2-14-25-19)21-13-12-20(32-21)15-4-6-17(7-5-15)28(30)31/h1-14,22-23,29H,(H,26,33)/t22-,23+/m1/s1. The molecule has 2 atom stereocenters. The molecule has 0 amide bonds. The molecule has 0 aliphatic carbocycles. The summed E-state index contributed by atoms with van der Waals surface area (Å²) in [5.41, 5.74) is 2.34. The average Bonchev–Trinajstić information content (AvgIpc) is 3.45. The topological polar surface area (TPSA) is 105 Å². The summed E-state index contributed by atoms with van der Waals surface area (Å²) < 4.78 is 6.24. The van der Waals surface area contributed by atoms with Gasteiger partial charge >= 0.3 is 0 Å². The number of aromatic nitrogens is 1. The van der Waals surface area contributed by atoms with E-state index >= 15 is 0 Å². The maximum absolute atomic E-state index is 11.0. The number of nitro groups is 1. The van der Waals surface area contributed by atoms with Crippen LogP contribution in [0.3, 0.4) is 0 Å². The number of phenolic OH excluding ortho intramolecular Hbond substituents is 1. The molecule has 164 valence electrons. The van der Waals surface area contributed by atoms with Gasteiger partial charge in [-0.2, -0.15) is 0 Å². The van der Waals surface area contributed by atoms with Gasteiger partial charge in [0, 0.05) is 29.6 Å². The van der Waals surface area contributed by atoms with E-state index in [0.29, 0.717) is 16.6 Å². The molecule has 1 aliphatic rings. The Kier molecular flexibility index (Phi) is 5.23. The summed E-state index contributed by atoms with van der Waals surface area (Å²) in [5.74, 6) is 1.40. The zero-order chi connectivity index (χ0) is 22.9. The number of benzene rings is 2. The molecule has 2 aromatic carbocycles. The maximum atomic E-state index is 11.0. The zero-order valence-corrected chi connectivity index (χ0v) is 18.0. The van der Waals surface area contributed by atoms with E-state index in [1.807, 2.05) is 35.2 Å². The smallest absolute Gasteiger partial charge is 0.269 e. The van der Waals surface area contributed by atoms with Crippen molar-refractivity contribution >= 4 is 28.7 Å². The van der Waals surface area contributed by atoms with Gasteiger partial charge in [0.2, 0.25) is 0 Å². The molecule has 0 radical (unpaired) electrons. The van der Waals surface area contributed by atoms with Crippen molar-refractivity contribution in [3.8, 4) is 17.1 Å². The van der Waals surface area contributed by atoms with Gasteiger partial charge < -0.3 is 19.7 Å². The minimum absolute atomic E-state index is 0.0181. The lowest BCUT2D eigenvalue weighted by molar-refractivity contribution is -0.384. The van der Waals surface area contributed by atoms with Gasteiger partial charge in [0.15, 0.2) is 5.11 Å². The maximum Gasteiger partial charge on any atom is 0.269 e. The van der Waals surface area contributed by atoms with E-state index in [0.717, 1.165) is 16.9 Å². The first-order valence-corrected chi connectivity index (χ1v) is 10.6. The number of hydrogen-bond donors (Lipinski definition) is 2. The van der Waals surface area contributed by atoms with Crippen molar-refractivity contribution in [3.05, 3.63) is 107 Å². The number of non-ortho nitro benzene ring substituents is 1. The first kappa shape index (κ1) is 20.7. The van der Waals surface area contributed by atoms with Crippen molar-refractivity contribution in [3.63, 3.8) is 0 Å². The van der Waals surface area contributed by atoms with Gasteiger partial charge in [-0.05, 0) is 72.9 Å². The Hall–Kier alpha value is -4.24. The van der Waals surface area contributed by atoms with E-state index in [9.17, 15) is 15.2 Å². The number of hydrogen-bond acceptors (Lipinski definition) is 6. The highest BCUT2D eigenvalue weighted by atomic mass is 32.1. The predicted octanol–water partition coefficient (Wildman–Crippen LogP) is 5.13. The summed E-state index contributed by atoms with van der Waals surface area (Å²) in [6, 6.07) is 21.8. The van der Waals surface area contributed by atoms with Gasteiger partial charge in [-0.1, -0.05) is 6.07 Å². The fourth-order valence-corrected chi connectivity index (χ4v) is 4.30. The van der Waals surface area contributed by atoms with Crippen LogP contribution in [-0.2, 0) is 0 Å². The molecule has 2 aromatic heterocycles. The van der Waals surface area contributed by atoms with Crippen LogP contribution in [0, 0.1) is 10.1 Å². The van der Waals surface area contributed by atoms with Crippen molar-refractivity contribution in [2.75, 3.05) is 4.90 Å². The minimum Gasteiger partial charge on any atom is -0.508 e. The molecule has 1 saturated heterocycles. The number of pyridine rings is 1. The Morgan fingerprint density at radius 1 is 1.03 bits per heavy atom. The van der Waals surface area contributed by atoms with Crippen LogP contribution in [0.1, 0.15) is 23.5 Å². The lowest BCUT2D eigenvalue weighted by Gasteiger charge is -2.26. The summed E-state index contributed by atoms with van der Waals surface area (Å²) >= 11 is 5.67. The van der Waals surface area contributed by atoms with E-state index < -0.39 is 4.92 Å². The monoisotopic (exact) mass is 458 g/mol. The first-order valence-electron chi connectivity index (χ1n) is 10.2. The van der Waals surface area contributed by atoms with Crippen molar-refractivity contribution in [2.24, 2.45) is 0 Å². The van der Waals surface area contributed by atoms with Crippen LogP contribution in [-0.4, -0.2) is 20.1 Å². The van der Waals surface area contributed by atoms with E-state index in [2.05, 4.69) is 10.3 Å². The fourth-order valence-electron chi connectivity index (χ4n) is 3.95. The lowest BCUT2D eigenvalue weighted by atomic mass is 10.0. The van der Waals surface area contributed by atoms with Crippen LogP contribution in [0.25, 0.3) is 11.3 Å². The summed E-state index contributed by atoms with van der Waals surface area (Å²) in [4.78, 5) is 17.0. The number of rotatable bonds is 5. The molecule has 3 heterocycles. The molecular formula is C24H18N4O4S. The number of nitro benzene ring substituents is 1. The highest BCUT2D eigenvalue weighted by molar-refractivity contribution is 7.80. The van der Waals surface area contributed by atoms with Gasteiger partial charge in [0.1, 0.15) is 23.3 Å². The van der Waals surface area contributed by atoms with Gasteiger partial charge in [-0.3, -0.25) is 15.1 Å². The number of phenols is 1. The van der Waals surface area contributed by atoms with Crippen molar-refractivity contribution in [1.82, 2.24) is 10.3 Å². The highest BCUT2D eigenvalue weighted by Crippen LogP contribution is 2.43. The number of anilines is 1. The van der Waals surface area contributed by atoms with Crippen LogP contribution in [0.2, 0.25) is 0 Å². The number of furan rings is 1. The predicted molar refractivity (Wildman–Crippen MR) is 127 cm³/mol. The lowest BCUT2D eigenvalue weighted by Crippen LogP contribution is -2.29. The molecule has 1 fully saturated rings. The molecular weight excluding hydrogens is 440 g/mol. The van der Waals surface area contributed by atoms with Crippen LogP contribution in [0.15, 0.2) is 89.5 Å². The number of nitrogens with one attached hydrogen (secondary N) is 1. The molecule has 5 rings (SSSR count). The molecule has 0 saturated carbocycles. The highest BCUT2D eigenvalue weighted by Gasteiger charge is 2.42. The van der Waals surface area contributed by atoms with E-state index in [1.54, 1.807) is 42.6 Å². The first-order chi connectivity index (χ1) is 16.0. The van der Waals surface area contributed by atoms with E-state index in [4.69, 9.17) is 16.6 Å². The molecule has 4 aromatic rings. The molecule has 8 nitrogen and oxygen atoms in total. The van der Waals surface area contributed by atoms with E-state index in [-0.39, 0.29) is 23.5 Å². The largest absolute Gasteiger partial charge is 0.508 e. The van der Waals surface area contributed by atoms with Crippen molar-refractivity contribution in [1.29, 1.82) is 0 Å².